The van der Waals surface area contributed by atoms with E-state index in [4.69, 9.17) is 0 Å². The van der Waals surface area contributed by atoms with Crippen molar-refractivity contribution in [1.29, 1.82) is 0 Å². The van der Waals surface area contributed by atoms with Gasteiger partial charge in [-0.25, -0.2) is 0 Å². The Morgan fingerprint density at radius 3 is 2.50 bits per heavy atom. The van der Waals surface area contributed by atoms with Gasteiger partial charge in [0.25, 0.3) is 0 Å². The summed E-state index contributed by atoms with van der Waals surface area (Å²) in [5.41, 5.74) is 2.00. The van der Waals surface area contributed by atoms with Gasteiger partial charge >= 0.3 is 0 Å². The fourth-order valence-corrected chi connectivity index (χ4v) is 2.53. The van der Waals surface area contributed by atoms with E-state index in [2.05, 4.69) is 36.2 Å². The lowest BCUT2D eigenvalue weighted by Gasteiger charge is -2.24. The van der Waals surface area contributed by atoms with E-state index < -0.39 is 0 Å². The van der Waals surface area contributed by atoms with E-state index in [-0.39, 0.29) is 5.78 Å². The van der Waals surface area contributed by atoms with Crippen LogP contribution in [0.15, 0.2) is 24.3 Å². The molecule has 0 saturated carbocycles. The third-order valence-electron chi connectivity index (χ3n) is 3.53. The third-order valence-corrected chi connectivity index (χ3v) is 3.53. The summed E-state index contributed by atoms with van der Waals surface area (Å²) in [6, 6.07) is 9.02. The van der Waals surface area contributed by atoms with Gasteiger partial charge in [0.05, 0.1) is 0 Å². The summed E-state index contributed by atoms with van der Waals surface area (Å²) in [5, 5.41) is 3.58. The molecule has 0 aromatic heterocycles. The molecule has 1 saturated heterocycles. The van der Waals surface area contributed by atoms with E-state index >= 15 is 0 Å². The molecule has 2 rings (SSSR count). The van der Waals surface area contributed by atoms with E-state index in [0.29, 0.717) is 12.1 Å². The lowest BCUT2D eigenvalue weighted by molar-refractivity contribution is 0.101. The molecule has 1 fully saturated rings. The Labute approximate surface area is 109 Å². The maximum absolute atomic E-state index is 11.3. The van der Waals surface area contributed by atoms with Gasteiger partial charge in [-0.1, -0.05) is 0 Å². The van der Waals surface area contributed by atoms with Crippen LogP contribution in [0.25, 0.3) is 0 Å². The molecule has 2 atom stereocenters. The molecule has 1 N–H and O–H groups in total. The van der Waals surface area contributed by atoms with Crippen LogP contribution in [0.5, 0.6) is 0 Å². The van der Waals surface area contributed by atoms with Gasteiger partial charge < -0.3 is 10.2 Å². The molecule has 18 heavy (non-hydrogen) atoms. The van der Waals surface area contributed by atoms with E-state index in [1.165, 1.54) is 5.69 Å². The molecule has 1 aromatic carbocycles. The minimum atomic E-state index is 0.126. The number of nitrogens with zero attached hydrogens (tertiary/aromatic N) is 1. The Balaban J connectivity index is 2.12. The SMILES string of the molecule is CC(=O)c1ccc(N2CCC(C)NC(C)C2)cc1. The fourth-order valence-electron chi connectivity index (χ4n) is 2.53. The number of nitrogens with one attached hydrogen (secondary N) is 1. The molecule has 1 aliphatic heterocycles. The lowest BCUT2D eigenvalue weighted by atomic mass is 10.1. The van der Waals surface area contributed by atoms with Gasteiger partial charge in [-0.05, 0) is 51.5 Å². The normalized spacial score (nSPS) is 24.7. The molecule has 98 valence electrons. The smallest absolute Gasteiger partial charge is 0.159 e. The number of Topliss-reactive ketones (excluding diaryl/α,β-unsaturated/α-hetero) is 1. The predicted molar refractivity (Wildman–Crippen MR) is 75.3 cm³/mol. The summed E-state index contributed by atoms with van der Waals surface area (Å²) in [7, 11) is 0. The summed E-state index contributed by atoms with van der Waals surface area (Å²) in [4.78, 5) is 13.7. The Kier molecular flexibility index (Phi) is 4.02. The van der Waals surface area contributed by atoms with Crippen LogP contribution in [0.2, 0.25) is 0 Å². The number of carbonyl (C=O) groups excluding carboxylic acids is 1. The highest BCUT2D eigenvalue weighted by Crippen LogP contribution is 2.18. The molecular weight excluding hydrogens is 224 g/mol. The molecule has 3 nitrogen and oxygen atoms in total. The molecule has 1 aromatic rings. The zero-order valence-corrected chi connectivity index (χ0v) is 11.4. The second-order valence-electron chi connectivity index (χ2n) is 5.31. The molecule has 0 aliphatic carbocycles. The molecule has 0 bridgehead atoms. The maximum atomic E-state index is 11.3. The zero-order chi connectivity index (χ0) is 13.1. The van der Waals surface area contributed by atoms with Crippen LogP contribution in [-0.2, 0) is 0 Å². The topological polar surface area (TPSA) is 32.3 Å². The van der Waals surface area contributed by atoms with Crippen molar-refractivity contribution in [3.63, 3.8) is 0 Å². The molecule has 1 aliphatic rings. The highest BCUT2D eigenvalue weighted by molar-refractivity contribution is 5.94. The first-order valence-corrected chi connectivity index (χ1v) is 6.68. The van der Waals surface area contributed by atoms with Crippen molar-refractivity contribution in [2.45, 2.75) is 39.3 Å². The van der Waals surface area contributed by atoms with Gasteiger partial charge in [-0.3, -0.25) is 4.79 Å². The Morgan fingerprint density at radius 2 is 1.89 bits per heavy atom. The van der Waals surface area contributed by atoms with Crippen LogP contribution in [0.1, 0.15) is 37.6 Å². The number of rotatable bonds is 2. The molecule has 0 radical (unpaired) electrons. The van der Waals surface area contributed by atoms with Gasteiger partial charge in [0.2, 0.25) is 0 Å². The quantitative estimate of drug-likeness (QED) is 0.814. The van der Waals surface area contributed by atoms with E-state index in [1.807, 2.05) is 12.1 Å². The fraction of sp³-hybridized carbons (Fsp3) is 0.533. The summed E-state index contributed by atoms with van der Waals surface area (Å²) >= 11 is 0. The largest absolute Gasteiger partial charge is 0.370 e. The van der Waals surface area contributed by atoms with Gasteiger partial charge in [0.1, 0.15) is 0 Å². The number of anilines is 1. The first-order valence-electron chi connectivity index (χ1n) is 6.68. The van der Waals surface area contributed by atoms with Gasteiger partial charge in [0.15, 0.2) is 5.78 Å². The van der Waals surface area contributed by atoms with Crippen LogP contribution in [-0.4, -0.2) is 31.0 Å². The number of benzene rings is 1. The van der Waals surface area contributed by atoms with Gasteiger partial charge in [-0.15, -0.1) is 0 Å². The van der Waals surface area contributed by atoms with Crippen LogP contribution in [0.3, 0.4) is 0 Å². The highest BCUT2D eigenvalue weighted by atomic mass is 16.1. The molecule has 3 heteroatoms. The highest BCUT2D eigenvalue weighted by Gasteiger charge is 2.18. The Hall–Kier alpha value is -1.35. The van der Waals surface area contributed by atoms with Gasteiger partial charge in [0, 0.05) is 36.4 Å². The van der Waals surface area contributed by atoms with Crippen molar-refractivity contribution in [2.75, 3.05) is 18.0 Å². The van der Waals surface area contributed by atoms with Crippen molar-refractivity contribution in [3.05, 3.63) is 29.8 Å². The third kappa shape index (κ3) is 3.10. The first kappa shape index (κ1) is 13.1. The van der Waals surface area contributed by atoms with Crippen molar-refractivity contribution in [2.24, 2.45) is 0 Å². The van der Waals surface area contributed by atoms with E-state index in [0.717, 1.165) is 25.1 Å². The minimum Gasteiger partial charge on any atom is -0.370 e. The molecule has 0 spiro atoms. The van der Waals surface area contributed by atoms with Crippen molar-refractivity contribution in [3.8, 4) is 0 Å². The van der Waals surface area contributed by atoms with Crippen molar-refractivity contribution >= 4 is 11.5 Å². The predicted octanol–water partition coefficient (Wildman–Crippen LogP) is 2.47. The zero-order valence-electron chi connectivity index (χ0n) is 11.4. The van der Waals surface area contributed by atoms with E-state index in [1.54, 1.807) is 6.92 Å². The summed E-state index contributed by atoms with van der Waals surface area (Å²) in [6.07, 6.45) is 1.15. The average molecular weight is 246 g/mol. The standard InChI is InChI=1S/C15H22N2O/c1-11-8-9-17(10-12(2)16-11)15-6-4-14(5-7-15)13(3)18/h4-7,11-12,16H,8-10H2,1-3H3. The number of hydrogen-bond donors (Lipinski definition) is 1. The average Bonchev–Trinajstić information content (AvgIpc) is 2.50. The summed E-state index contributed by atoms with van der Waals surface area (Å²) < 4.78 is 0. The summed E-state index contributed by atoms with van der Waals surface area (Å²) in [6.45, 7) is 8.15. The van der Waals surface area contributed by atoms with Crippen LogP contribution < -0.4 is 10.2 Å². The minimum absolute atomic E-state index is 0.126. The number of hydrogen-bond acceptors (Lipinski definition) is 3. The lowest BCUT2D eigenvalue weighted by Crippen LogP contribution is -2.37. The maximum Gasteiger partial charge on any atom is 0.159 e. The number of carbonyl (C=O) groups is 1. The van der Waals surface area contributed by atoms with Crippen LogP contribution >= 0.6 is 0 Å². The molecular formula is C15H22N2O. The Bertz CT molecular complexity index is 413. The molecule has 0 amide bonds. The molecule has 1 heterocycles. The second-order valence-corrected chi connectivity index (χ2v) is 5.31. The van der Waals surface area contributed by atoms with Crippen LogP contribution in [0, 0.1) is 0 Å². The molecule has 2 unspecified atom stereocenters. The second kappa shape index (κ2) is 5.53. The van der Waals surface area contributed by atoms with E-state index in [9.17, 15) is 4.79 Å². The monoisotopic (exact) mass is 246 g/mol. The summed E-state index contributed by atoms with van der Waals surface area (Å²) in [5.74, 6) is 0.126. The van der Waals surface area contributed by atoms with Crippen molar-refractivity contribution < 1.29 is 4.79 Å². The Morgan fingerprint density at radius 1 is 1.22 bits per heavy atom. The number of ketones is 1. The van der Waals surface area contributed by atoms with Crippen molar-refractivity contribution in [1.82, 2.24) is 5.32 Å². The van der Waals surface area contributed by atoms with Gasteiger partial charge in [-0.2, -0.15) is 0 Å². The van der Waals surface area contributed by atoms with Crippen LogP contribution in [0.4, 0.5) is 5.69 Å². The first-order chi connectivity index (χ1) is 8.56.